The van der Waals surface area contributed by atoms with Crippen molar-refractivity contribution < 1.29 is 4.74 Å². The topological polar surface area (TPSA) is 59.9 Å². The highest BCUT2D eigenvalue weighted by Crippen LogP contribution is 2.25. The van der Waals surface area contributed by atoms with Gasteiger partial charge in [0.1, 0.15) is 0 Å². The van der Waals surface area contributed by atoms with Crippen LogP contribution in [0.4, 0.5) is 5.95 Å². The molecule has 0 spiro atoms. The SMILES string of the molecule is CCCOc1nc(Cl)nc(NCC2CCCCS2)n1. The van der Waals surface area contributed by atoms with Gasteiger partial charge in [0.25, 0.3) is 0 Å². The summed E-state index contributed by atoms with van der Waals surface area (Å²) in [6, 6.07) is 0.292. The maximum absolute atomic E-state index is 5.86. The standard InChI is InChI=1S/C12H19ClN4OS/c1-2-6-18-12-16-10(13)15-11(17-12)14-8-9-5-3-4-7-19-9/h9H,2-8H2,1H3,(H,14,15,16,17). The fraction of sp³-hybridized carbons (Fsp3) is 0.750. The van der Waals surface area contributed by atoms with E-state index in [9.17, 15) is 0 Å². The van der Waals surface area contributed by atoms with Gasteiger partial charge >= 0.3 is 6.01 Å². The third-order valence-electron chi connectivity index (χ3n) is 2.78. The van der Waals surface area contributed by atoms with Gasteiger partial charge in [0.05, 0.1) is 6.61 Å². The number of hydrogen-bond acceptors (Lipinski definition) is 6. The number of nitrogens with zero attached hydrogens (tertiary/aromatic N) is 3. The van der Waals surface area contributed by atoms with Crippen LogP contribution in [-0.4, -0.2) is 39.1 Å². The highest BCUT2D eigenvalue weighted by Gasteiger charge is 2.14. The molecule has 19 heavy (non-hydrogen) atoms. The quantitative estimate of drug-likeness (QED) is 0.871. The number of rotatable bonds is 6. The van der Waals surface area contributed by atoms with Gasteiger partial charge in [0.15, 0.2) is 0 Å². The summed E-state index contributed by atoms with van der Waals surface area (Å²) in [7, 11) is 0. The number of halogens is 1. The summed E-state index contributed by atoms with van der Waals surface area (Å²) in [5.74, 6) is 1.74. The zero-order valence-electron chi connectivity index (χ0n) is 11.1. The second kappa shape index (κ2) is 7.75. The molecule has 1 atom stereocenters. The highest BCUT2D eigenvalue weighted by molar-refractivity contribution is 7.99. The van der Waals surface area contributed by atoms with Crippen molar-refractivity contribution in [2.75, 3.05) is 24.2 Å². The molecular formula is C12H19ClN4OS. The van der Waals surface area contributed by atoms with Gasteiger partial charge in [0.2, 0.25) is 11.2 Å². The van der Waals surface area contributed by atoms with Crippen LogP contribution in [0.5, 0.6) is 6.01 Å². The van der Waals surface area contributed by atoms with Gasteiger partial charge in [-0.25, -0.2) is 0 Å². The van der Waals surface area contributed by atoms with Gasteiger partial charge in [-0.15, -0.1) is 0 Å². The van der Waals surface area contributed by atoms with Gasteiger partial charge in [0, 0.05) is 11.8 Å². The Morgan fingerprint density at radius 3 is 3.00 bits per heavy atom. The van der Waals surface area contributed by atoms with E-state index in [1.807, 2.05) is 18.7 Å². The lowest BCUT2D eigenvalue weighted by atomic mass is 10.2. The minimum absolute atomic E-state index is 0.167. The van der Waals surface area contributed by atoms with E-state index < -0.39 is 0 Å². The van der Waals surface area contributed by atoms with Crippen LogP contribution < -0.4 is 10.1 Å². The van der Waals surface area contributed by atoms with Gasteiger partial charge in [-0.05, 0) is 36.6 Å². The normalized spacial score (nSPS) is 19.2. The molecule has 1 aromatic heterocycles. The molecule has 1 aromatic rings. The van der Waals surface area contributed by atoms with E-state index in [0.29, 0.717) is 23.8 Å². The molecule has 0 radical (unpaired) electrons. The predicted molar refractivity (Wildman–Crippen MR) is 79.2 cm³/mol. The maximum Gasteiger partial charge on any atom is 0.322 e. The zero-order valence-corrected chi connectivity index (χ0v) is 12.6. The van der Waals surface area contributed by atoms with Crippen molar-refractivity contribution in [3.63, 3.8) is 0 Å². The summed E-state index contributed by atoms with van der Waals surface area (Å²) in [5.41, 5.74) is 0. The second-order valence-electron chi connectivity index (χ2n) is 4.43. The molecule has 0 bridgehead atoms. The van der Waals surface area contributed by atoms with Crippen molar-refractivity contribution in [1.29, 1.82) is 0 Å². The molecule has 1 aliphatic rings. The number of aromatic nitrogens is 3. The summed E-state index contributed by atoms with van der Waals surface area (Å²) in [4.78, 5) is 12.2. The summed E-state index contributed by atoms with van der Waals surface area (Å²) in [6.45, 7) is 3.47. The molecule has 1 N–H and O–H groups in total. The number of ether oxygens (including phenoxy) is 1. The Morgan fingerprint density at radius 2 is 2.26 bits per heavy atom. The first-order chi connectivity index (χ1) is 9.28. The average molecular weight is 303 g/mol. The molecule has 0 amide bonds. The number of thioether (sulfide) groups is 1. The van der Waals surface area contributed by atoms with Crippen LogP contribution in [0.25, 0.3) is 0 Å². The van der Waals surface area contributed by atoms with Crippen LogP contribution in [0.2, 0.25) is 5.28 Å². The lowest BCUT2D eigenvalue weighted by Crippen LogP contribution is -2.21. The van der Waals surface area contributed by atoms with Crippen LogP contribution in [0.3, 0.4) is 0 Å². The lowest BCUT2D eigenvalue weighted by Gasteiger charge is -2.21. The van der Waals surface area contributed by atoms with Crippen molar-refractivity contribution >= 4 is 29.3 Å². The molecule has 1 fully saturated rings. The van der Waals surface area contributed by atoms with Crippen LogP contribution in [0.1, 0.15) is 32.6 Å². The lowest BCUT2D eigenvalue weighted by molar-refractivity contribution is 0.291. The Labute approximate surface area is 122 Å². The molecule has 1 aliphatic heterocycles. The number of hydrogen-bond donors (Lipinski definition) is 1. The maximum atomic E-state index is 5.86. The summed E-state index contributed by atoms with van der Waals surface area (Å²) >= 11 is 7.87. The van der Waals surface area contributed by atoms with E-state index in [1.54, 1.807) is 0 Å². The Balaban J connectivity index is 1.89. The van der Waals surface area contributed by atoms with Crippen LogP contribution >= 0.6 is 23.4 Å². The molecular weight excluding hydrogens is 284 g/mol. The fourth-order valence-electron chi connectivity index (χ4n) is 1.84. The average Bonchev–Trinajstić information content (AvgIpc) is 2.43. The van der Waals surface area contributed by atoms with Gasteiger partial charge < -0.3 is 10.1 Å². The molecule has 2 heterocycles. The van der Waals surface area contributed by atoms with E-state index in [-0.39, 0.29) is 5.28 Å². The Kier molecular flexibility index (Phi) is 5.97. The van der Waals surface area contributed by atoms with E-state index >= 15 is 0 Å². The Hall–Kier alpha value is -0.750. The van der Waals surface area contributed by atoms with Crippen molar-refractivity contribution in [2.24, 2.45) is 0 Å². The smallest absolute Gasteiger partial charge is 0.322 e. The van der Waals surface area contributed by atoms with Crippen molar-refractivity contribution in [1.82, 2.24) is 15.0 Å². The highest BCUT2D eigenvalue weighted by atomic mass is 35.5. The Morgan fingerprint density at radius 1 is 1.37 bits per heavy atom. The molecule has 1 saturated heterocycles. The van der Waals surface area contributed by atoms with Crippen molar-refractivity contribution in [3.8, 4) is 6.01 Å². The van der Waals surface area contributed by atoms with Gasteiger partial charge in [-0.3, -0.25) is 0 Å². The first-order valence-corrected chi connectivity index (χ1v) is 8.10. The van der Waals surface area contributed by atoms with Gasteiger partial charge in [-0.1, -0.05) is 13.3 Å². The van der Waals surface area contributed by atoms with E-state index in [0.717, 1.165) is 13.0 Å². The van der Waals surface area contributed by atoms with Crippen LogP contribution in [0.15, 0.2) is 0 Å². The first-order valence-electron chi connectivity index (χ1n) is 6.67. The molecule has 0 aromatic carbocycles. The van der Waals surface area contributed by atoms with E-state index in [1.165, 1.54) is 25.0 Å². The zero-order chi connectivity index (χ0) is 13.5. The molecule has 0 saturated carbocycles. The summed E-state index contributed by atoms with van der Waals surface area (Å²) in [5, 5.41) is 4.02. The second-order valence-corrected chi connectivity index (χ2v) is 6.17. The molecule has 7 heteroatoms. The summed E-state index contributed by atoms with van der Waals surface area (Å²) < 4.78 is 5.38. The molecule has 1 unspecified atom stereocenters. The van der Waals surface area contributed by atoms with Crippen molar-refractivity contribution in [2.45, 2.75) is 37.9 Å². The molecule has 0 aliphatic carbocycles. The monoisotopic (exact) mass is 302 g/mol. The predicted octanol–water partition coefficient (Wildman–Crippen LogP) is 3.01. The van der Waals surface area contributed by atoms with Gasteiger partial charge in [-0.2, -0.15) is 26.7 Å². The third-order valence-corrected chi connectivity index (χ3v) is 4.35. The van der Waals surface area contributed by atoms with Crippen LogP contribution in [-0.2, 0) is 0 Å². The molecule has 5 nitrogen and oxygen atoms in total. The number of anilines is 1. The molecule has 106 valence electrons. The van der Waals surface area contributed by atoms with Crippen molar-refractivity contribution in [3.05, 3.63) is 5.28 Å². The Bertz CT molecular complexity index is 401. The molecule has 2 rings (SSSR count). The summed E-state index contributed by atoms with van der Waals surface area (Å²) in [6.07, 6.45) is 4.79. The largest absolute Gasteiger partial charge is 0.463 e. The fourth-order valence-corrected chi connectivity index (χ4v) is 3.23. The van der Waals surface area contributed by atoms with E-state index in [2.05, 4.69) is 20.3 Å². The number of nitrogens with one attached hydrogen (secondary N) is 1. The van der Waals surface area contributed by atoms with E-state index in [4.69, 9.17) is 16.3 Å². The first kappa shape index (κ1) is 14.7. The van der Waals surface area contributed by atoms with Crippen LogP contribution in [0, 0.1) is 0 Å². The minimum atomic E-state index is 0.167. The minimum Gasteiger partial charge on any atom is -0.463 e. The third kappa shape index (κ3) is 5.03.